The minimum atomic E-state index is 0.162. The van der Waals surface area contributed by atoms with E-state index in [-0.39, 0.29) is 5.78 Å². The fraction of sp³-hybridized carbons (Fsp3) is 0.308. The molecule has 0 heterocycles. The van der Waals surface area contributed by atoms with E-state index in [1.807, 2.05) is 25.1 Å². The van der Waals surface area contributed by atoms with Gasteiger partial charge in [0.25, 0.3) is 0 Å². The summed E-state index contributed by atoms with van der Waals surface area (Å²) in [4.78, 5) is 11.6. The summed E-state index contributed by atoms with van der Waals surface area (Å²) in [7, 11) is 1.62. The van der Waals surface area contributed by atoms with Gasteiger partial charge in [0, 0.05) is 12.0 Å². The van der Waals surface area contributed by atoms with Crippen LogP contribution in [-0.2, 0) is 6.42 Å². The van der Waals surface area contributed by atoms with Crippen LogP contribution in [0.4, 0.5) is 0 Å². The first-order chi connectivity index (χ1) is 7.22. The molecule has 2 nitrogen and oxygen atoms in total. The van der Waals surface area contributed by atoms with Gasteiger partial charge in [0.2, 0.25) is 0 Å². The molecule has 1 aromatic carbocycles. The van der Waals surface area contributed by atoms with Gasteiger partial charge in [-0.15, -0.1) is 6.58 Å². The zero-order chi connectivity index (χ0) is 11.3. The van der Waals surface area contributed by atoms with Gasteiger partial charge in [-0.1, -0.05) is 13.0 Å². The van der Waals surface area contributed by atoms with Crippen molar-refractivity contribution < 1.29 is 9.53 Å². The van der Waals surface area contributed by atoms with Gasteiger partial charge in [-0.25, -0.2) is 0 Å². The summed E-state index contributed by atoms with van der Waals surface area (Å²) in [5.74, 6) is 0.939. The summed E-state index contributed by atoms with van der Waals surface area (Å²) in [6.07, 6.45) is 3.01. The second kappa shape index (κ2) is 5.35. The molecule has 0 aromatic heterocycles. The smallest absolute Gasteiger partial charge is 0.162 e. The molecule has 0 unspecified atom stereocenters. The molecule has 0 N–H and O–H groups in total. The molecule has 0 radical (unpaired) electrons. The molecule has 0 amide bonds. The van der Waals surface area contributed by atoms with Gasteiger partial charge in [0.1, 0.15) is 5.75 Å². The molecule has 0 saturated carbocycles. The van der Waals surface area contributed by atoms with Crippen LogP contribution in [0, 0.1) is 0 Å². The molecule has 0 spiro atoms. The first-order valence-electron chi connectivity index (χ1n) is 5.04. The minimum absolute atomic E-state index is 0.162. The molecule has 0 aliphatic carbocycles. The van der Waals surface area contributed by atoms with E-state index in [0.29, 0.717) is 12.8 Å². The van der Waals surface area contributed by atoms with E-state index in [4.69, 9.17) is 4.74 Å². The summed E-state index contributed by atoms with van der Waals surface area (Å²) < 4.78 is 5.12. The van der Waals surface area contributed by atoms with Crippen molar-refractivity contribution >= 4 is 5.78 Å². The summed E-state index contributed by atoms with van der Waals surface area (Å²) >= 11 is 0. The van der Waals surface area contributed by atoms with E-state index < -0.39 is 0 Å². The quantitative estimate of drug-likeness (QED) is 0.544. The molecule has 0 bridgehead atoms. The number of methoxy groups -OCH3 is 1. The molecular formula is C13H16O2. The highest BCUT2D eigenvalue weighted by molar-refractivity contribution is 5.97. The van der Waals surface area contributed by atoms with Crippen molar-refractivity contribution in [3.05, 3.63) is 42.0 Å². The van der Waals surface area contributed by atoms with Gasteiger partial charge in [0.05, 0.1) is 7.11 Å². The van der Waals surface area contributed by atoms with Crippen LogP contribution in [0.3, 0.4) is 0 Å². The van der Waals surface area contributed by atoms with Crippen molar-refractivity contribution in [2.75, 3.05) is 7.11 Å². The van der Waals surface area contributed by atoms with Crippen LogP contribution in [-0.4, -0.2) is 12.9 Å². The van der Waals surface area contributed by atoms with E-state index in [1.54, 1.807) is 13.2 Å². The highest BCUT2D eigenvalue weighted by atomic mass is 16.5. The first kappa shape index (κ1) is 11.5. The normalized spacial score (nSPS) is 9.73. The molecule has 0 aliphatic rings. The maximum atomic E-state index is 11.6. The van der Waals surface area contributed by atoms with Crippen LogP contribution in [0.15, 0.2) is 30.9 Å². The van der Waals surface area contributed by atoms with Crippen LogP contribution in [0.25, 0.3) is 0 Å². The minimum Gasteiger partial charge on any atom is -0.497 e. The van der Waals surface area contributed by atoms with Gasteiger partial charge >= 0.3 is 0 Å². The number of hydrogen-bond donors (Lipinski definition) is 0. The average molecular weight is 204 g/mol. The van der Waals surface area contributed by atoms with Crippen molar-refractivity contribution in [3.8, 4) is 5.75 Å². The maximum Gasteiger partial charge on any atom is 0.162 e. The van der Waals surface area contributed by atoms with Crippen LogP contribution in [0.1, 0.15) is 29.3 Å². The molecule has 0 fully saturated rings. The Bertz CT molecular complexity index is 367. The van der Waals surface area contributed by atoms with Crippen LogP contribution < -0.4 is 4.74 Å². The summed E-state index contributed by atoms with van der Waals surface area (Å²) in [5.41, 5.74) is 1.76. The Morgan fingerprint density at radius 1 is 1.53 bits per heavy atom. The lowest BCUT2D eigenvalue weighted by atomic mass is 9.99. The van der Waals surface area contributed by atoms with E-state index in [0.717, 1.165) is 16.9 Å². The van der Waals surface area contributed by atoms with Gasteiger partial charge < -0.3 is 4.74 Å². The zero-order valence-electron chi connectivity index (χ0n) is 9.25. The number of rotatable bonds is 5. The number of allylic oxidation sites excluding steroid dienone is 1. The Hall–Kier alpha value is -1.57. The third kappa shape index (κ3) is 2.69. The van der Waals surface area contributed by atoms with Gasteiger partial charge in [-0.05, 0) is 30.2 Å². The lowest BCUT2D eigenvalue weighted by Gasteiger charge is -2.08. The molecular weight excluding hydrogens is 188 g/mol. The topological polar surface area (TPSA) is 26.3 Å². The number of carbonyl (C=O) groups is 1. The van der Waals surface area contributed by atoms with Crippen molar-refractivity contribution in [1.82, 2.24) is 0 Å². The SMILES string of the molecule is C=CCc1cc(OC)ccc1C(=O)CC. The third-order valence-corrected chi connectivity index (χ3v) is 2.30. The fourth-order valence-electron chi connectivity index (χ4n) is 1.48. The number of ketones is 1. The monoisotopic (exact) mass is 204 g/mol. The number of ether oxygens (including phenoxy) is 1. The summed E-state index contributed by atoms with van der Waals surface area (Å²) in [6.45, 7) is 5.55. The van der Waals surface area contributed by atoms with Gasteiger partial charge in [0.15, 0.2) is 5.78 Å². The Morgan fingerprint density at radius 3 is 2.80 bits per heavy atom. The van der Waals surface area contributed by atoms with E-state index in [2.05, 4.69) is 6.58 Å². The van der Waals surface area contributed by atoms with Crippen molar-refractivity contribution in [3.63, 3.8) is 0 Å². The Labute approximate surface area is 90.6 Å². The Kier molecular flexibility index (Phi) is 4.10. The molecule has 0 aliphatic heterocycles. The molecule has 1 rings (SSSR count). The summed E-state index contributed by atoms with van der Waals surface area (Å²) in [6, 6.07) is 5.53. The maximum absolute atomic E-state index is 11.6. The van der Waals surface area contributed by atoms with Crippen LogP contribution in [0.5, 0.6) is 5.75 Å². The number of Topliss-reactive ketones (excluding diaryl/α,β-unsaturated/α-hetero) is 1. The predicted molar refractivity (Wildman–Crippen MR) is 61.5 cm³/mol. The van der Waals surface area contributed by atoms with Gasteiger partial charge in [-0.2, -0.15) is 0 Å². The van der Waals surface area contributed by atoms with Crippen molar-refractivity contribution in [2.45, 2.75) is 19.8 Å². The van der Waals surface area contributed by atoms with Crippen molar-refractivity contribution in [2.24, 2.45) is 0 Å². The Morgan fingerprint density at radius 2 is 2.27 bits per heavy atom. The molecule has 0 atom stereocenters. The zero-order valence-corrected chi connectivity index (χ0v) is 9.25. The molecule has 80 valence electrons. The number of hydrogen-bond acceptors (Lipinski definition) is 2. The lowest BCUT2D eigenvalue weighted by Crippen LogP contribution is -2.02. The number of benzene rings is 1. The number of carbonyl (C=O) groups excluding carboxylic acids is 1. The molecule has 0 saturated heterocycles. The predicted octanol–water partition coefficient (Wildman–Crippen LogP) is 3.02. The van der Waals surface area contributed by atoms with Gasteiger partial charge in [-0.3, -0.25) is 4.79 Å². The third-order valence-electron chi connectivity index (χ3n) is 2.30. The van der Waals surface area contributed by atoms with Crippen LogP contribution >= 0.6 is 0 Å². The van der Waals surface area contributed by atoms with E-state index >= 15 is 0 Å². The highest BCUT2D eigenvalue weighted by Crippen LogP contribution is 2.19. The molecule has 15 heavy (non-hydrogen) atoms. The Balaban J connectivity index is 3.13. The fourth-order valence-corrected chi connectivity index (χ4v) is 1.48. The highest BCUT2D eigenvalue weighted by Gasteiger charge is 2.09. The van der Waals surface area contributed by atoms with E-state index in [9.17, 15) is 4.79 Å². The lowest BCUT2D eigenvalue weighted by molar-refractivity contribution is 0.0987. The van der Waals surface area contributed by atoms with Crippen LogP contribution in [0.2, 0.25) is 0 Å². The van der Waals surface area contributed by atoms with E-state index in [1.165, 1.54) is 0 Å². The average Bonchev–Trinajstić information content (AvgIpc) is 2.28. The van der Waals surface area contributed by atoms with Crippen molar-refractivity contribution in [1.29, 1.82) is 0 Å². The standard InChI is InChI=1S/C13H16O2/c1-4-6-10-9-11(15-3)7-8-12(10)13(14)5-2/h4,7-9H,1,5-6H2,2-3H3. The second-order valence-electron chi connectivity index (χ2n) is 3.29. The first-order valence-corrected chi connectivity index (χ1v) is 5.04. The molecule has 2 heteroatoms. The largest absolute Gasteiger partial charge is 0.497 e. The molecule has 1 aromatic rings. The summed E-state index contributed by atoms with van der Waals surface area (Å²) in [5, 5.41) is 0. The second-order valence-corrected chi connectivity index (χ2v) is 3.29.